The zero-order chi connectivity index (χ0) is 15.8. The van der Waals surface area contributed by atoms with Gasteiger partial charge in [0, 0.05) is 23.7 Å². The van der Waals surface area contributed by atoms with Crippen molar-refractivity contribution in [1.29, 1.82) is 0 Å². The van der Waals surface area contributed by atoms with E-state index in [0.717, 1.165) is 5.56 Å². The van der Waals surface area contributed by atoms with Crippen LogP contribution in [0.4, 0.5) is 0 Å². The molecule has 0 heterocycles. The molecule has 0 saturated carbocycles. The summed E-state index contributed by atoms with van der Waals surface area (Å²) in [5, 5.41) is 3.35. The second-order valence-electron chi connectivity index (χ2n) is 4.93. The van der Waals surface area contributed by atoms with E-state index in [2.05, 4.69) is 5.32 Å². The van der Waals surface area contributed by atoms with Crippen LogP contribution in [0.3, 0.4) is 0 Å². The van der Waals surface area contributed by atoms with Crippen LogP contribution in [0.15, 0.2) is 30.3 Å². The molecule has 0 bridgehead atoms. The van der Waals surface area contributed by atoms with E-state index in [4.69, 9.17) is 11.6 Å². The molecule has 2 amide bonds. The molecule has 0 spiro atoms. The van der Waals surface area contributed by atoms with Crippen LogP contribution in [0.1, 0.15) is 26.3 Å². The van der Waals surface area contributed by atoms with Crippen LogP contribution < -0.4 is 5.32 Å². The highest BCUT2D eigenvalue weighted by Gasteiger charge is 2.13. The molecule has 5 heteroatoms. The first-order valence-corrected chi connectivity index (χ1v) is 7.32. The maximum absolute atomic E-state index is 12.1. The second-order valence-corrected chi connectivity index (χ2v) is 5.34. The van der Waals surface area contributed by atoms with Crippen molar-refractivity contribution >= 4 is 29.5 Å². The Kier molecular flexibility index (Phi) is 6.96. The minimum atomic E-state index is -0.212. The van der Waals surface area contributed by atoms with Crippen molar-refractivity contribution in [3.8, 4) is 0 Å². The zero-order valence-corrected chi connectivity index (χ0v) is 13.4. The molecule has 0 radical (unpaired) electrons. The number of rotatable bonds is 6. The fourth-order valence-corrected chi connectivity index (χ4v) is 1.96. The number of nitrogens with one attached hydrogen (secondary N) is 1. The molecule has 1 N–H and O–H groups in total. The van der Waals surface area contributed by atoms with Crippen LogP contribution in [0.2, 0.25) is 5.02 Å². The SMILES string of the molecule is CCN(CC(=O)NC(C)C)C(=O)C=Cc1ccccc1Cl. The van der Waals surface area contributed by atoms with Crippen molar-refractivity contribution in [2.75, 3.05) is 13.1 Å². The van der Waals surface area contributed by atoms with Crippen LogP contribution in [0.25, 0.3) is 6.08 Å². The Morgan fingerprint density at radius 1 is 1.33 bits per heavy atom. The summed E-state index contributed by atoms with van der Waals surface area (Å²) in [7, 11) is 0. The number of hydrogen-bond donors (Lipinski definition) is 1. The van der Waals surface area contributed by atoms with Gasteiger partial charge in [0.1, 0.15) is 0 Å². The van der Waals surface area contributed by atoms with E-state index >= 15 is 0 Å². The number of halogens is 1. The summed E-state index contributed by atoms with van der Waals surface area (Å²) >= 11 is 6.02. The van der Waals surface area contributed by atoms with Gasteiger partial charge in [-0.15, -0.1) is 0 Å². The molecule has 114 valence electrons. The Balaban J connectivity index is 2.67. The Morgan fingerprint density at radius 3 is 2.57 bits per heavy atom. The quantitative estimate of drug-likeness (QED) is 0.822. The normalized spacial score (nSPS) is 10.9. The van der Waals surface area contributed by atoms with E-state index in [1.54, 1.807) is 12.1 Å². The smallest absolute Gasteiger partial charge is 0.247 e. The van der Waals surface area contributed by atoms with Gasteiger partial charge in [-0.2, -0.15) is 0 Å². The lowest BCUT2D eigenvalue weighted by molar-refractivity contribution is -0.132. The van der Waals surface area contributed by atoms with Crippen LogP contribution in [-0.4, -0.2) is 35.8 Å². The van der Waals surface area contributed by atoms with Crippen molar-refractivity contribution in [2.45, 2.75) is 26.8 Å². The topological polar surface area (TPSA) is 49.4 Å². The molecule has 21 heavy (non-hydrogen) atoms. The van der Waals surface area contributed by atoms with Crippen LogP contribution in [0, 0.1) is 0 Å². The second kappa shape index (κ2) is 8.47. The molecule has 1 rings (SSSR count). The molecular formula is C16H21ClN2O2. The third-order valence-corrected chi connectivity index (χ3v) is 3.13. The summed E-state index contributed by atoms with van der Waals surface area (Å²) in [4.78, 5) is 25.3. The molecule has 0 fully saturated rings. The number of carbonyl (C=O) groups is 2. The van der Waals surface area contributed by atoms with Crippen molar-refractivity contribution in [3.63, 3.8) is 0 Å². The summed E-state index contributed by atoms with van der Waals surface area (Å²) in [6.45, 7) is 6.13. The summed E-state index contributed by atoms with van der Waals surface area (Å²) in [5.74, 6) is -0.373. The molecule has 0 unspecified atom stereocenters. The molecule has 0 aliphatic heterocycles. The first-order valence-electron chi connectivity index (χ1n) is 6.95. The van der Waals surface area contributed by atoms with Gasteiger partial charge in [-0.05, 0) is 38.5 Å². The molecule has 1 aromatic carbocycles. The number of hydrogen-bond acceptors (Lipinski definition) is 2. The Labute approximate surface area is 130 Å². The van der Waals surface area contributed by atoms with E-state index in [1.807, 2.05) is 39.0 Å². The number of carbonyl (C=O) groups excluding carboxylic acids is 2. The predicted molar refractivity (Wildman–Crippen MR) is 86.0 cm³/mol. The van der Waals surface area contributed by atoms with Gasteiger partial charge in [-0.1, -0.05) is 29.8 Å². The van der Waals surface area contributed by atoms with E-state index in [-0.39, 0.29) is 24.4 Å². The fourth-order valence-electron chi connectivity index (χ4n) is 1.76. The summed E-state index contributed by atoms with van der Waals surface area (Å²) < 4.78 is 0. The maximum atomic E-state index is 12.1. The van der Waals surface area contributed by atoms with Gasteiger partial charge >= 0.3 is 0 Å². The molecule has 4 nitrogen and oxygen atoms in total. The summed E-state index contributed by atoms with van der Waals surface area (Å²) in [6, 6.07) is 7.33. The van der Waals surface area contributed by atoms with Crippen molar-refractivity contribution in [3.05, 3.63) is 40.9 Å². The van der Waals surface area contributed by atoms with Gasteiger partial charge in [-0.25, -0.2) is 0 Å². The largest absolute Gasteiger partial charge is 0.352 e. The monoisotopic (exact) mass is 308 g/mol. The van der Waals surface area contributed by atoms with Crippen LogP contribution >= 0.6 is 11.6 Å². The van der Waals surface area contributed by atoms with Gasteiger partial charge in [0.05, 0.1) is 6.54 Å². The van der Waals surface area contributed by atoms with Gasteiger partial charge in [0.15, 0.2) is 0 Å². The predicted octanol–water partition coefficient (Wildman–Crippen LogP) is 2.73. The van der Waals surface area contributed by atoms with Gasteiger partial charge in [0.2, 0.25) is 11.8 Å². The van der Waals surface area contributed by atoms with Gasteiger partial charge in [0.25, 0.3) is 0 Å². The van der Waals surface area contributed by atoms with Crippen molar-refractivity contribution < 1.29 is 9.59 Å². The average molecular weight is 309 g/mol. The molecule has 0 saturated heterocycles. The first-order chi connectivity index (χ1) is 9.93. The number of benzene rings is 1. The highest BCUT2D eigenvalue weighted by atomic mass is 35.5. The lowest BCUT2D eigenvalue weighted by Crippen LogP contribution is -2.42. The number of likely N-dealkylation sites (N-methyl/N-ethyl adjacent to an activating group) is 1. The standard InChI is InChI=1S/C16H21ClN2O2/c1-4-19(11-15(20)18-12(2)3)16(21)10-9-13-7-5-6-8-14(13)17/h5-10,12H,4,11H2,1-3H3,(H,18,20). The van der Waals surface area contributed by atoms with E-state index in [0.29, 0.717) is 11.6 Å². The van der Waals surface area contributed by atoms with E-state index in [9.17, 15) is 9.59 Å². The lowest BCUT2D eigenvalue weighted by Gasteiger charge is -2.19. The minimum Gasteiger partial charge on any atom is -0.352 e. The average Bonchev–Trinajstić information content (AvgIpc) is 2.42. The third-order valence-electron chi connectivity index (χ3n) is 2.79. The van der Waals surface area contributed by atoms with Crippen molar-refractivity contribution in [2.24, 2.45) is 0 Å². The number of nitrogens with zero attached hydrogens (tertiary/aromatic N) is 1. The molecule has 0 atom stereocenters. The Morgan fingerprint density at radius 2 is 2.00 bits per heavy atom. The first kappa shape index (κ1) is 17.2. The molecule has 0 aliphatic rings. The zero-order valence-electron chi connectivity index (χ0n) is 12.6. The Bertz CT molecular complexity index is 527. The Hall–Kier alpha value is -1.81. The van der Waals surface area contributed by atoms with E-state index < -0.39 is 0 Å². The molecule has 0 aromatic heterocycles. The summed E-state index contributed by atoms with van der Waals surface area (Å²) in [6.07, 6.45) is 3.10. The number of amides is 2. The summed E-state index contributed by atoms with van der Waals surface area (Å²) in [5.41, 5.74) is 0.773. The molecule has 0 aliphatic carbocycles. The van der Waals surface area contributed by atoms with Gasteiger partial charge in [-0.3, -0.25) is 9.59 Å². The van der Waals surface area contributed by atoms with E-state index in [1.165, 1.54) is 11.0 Å². The molecule has 1 aromatic rings. The fraction of sp³-hybridized carbons (Fsp3) is 0.375. The van der Waals surface area contributed by atoms with Crippen LogP contribution in [-0.2, 0) is 9.59 Å². The highest BCUT2D eigenvalue weighted by molar-refractivity contribution is 6.32. The molecular weight excluding hydrogens is 288 g/mol. The minimum absolute atomic E-state index is 0.0559. The van der Waals surface area contributed by atoms with Crippen molar-refractivity contribution in [1.82, 2.24) is 10.2 Å². The lowest BCUT2D eigenvalue weighted by atomic mass is 10.2. The van der Waals surface area contributed by atoms with Gasteiger partial charge < -0.3 is 10.2 Å². The highest BCUT2D eigenvalue weighted by Crippen LogP contribution is 2.16. The third kappa shape index (κ3) is 6.00. The maximum Gasteiger partial charge on any atom is 0.247 e. The van der Waals surface area contributed by atoms with Crippen LogP contribution in [0.5, 0.6) is 0 Å².